The summed E-state index contributed by atoms with van der Waals surface area (Å²) < 4.78 is 16.4. The number of rotatable bonds is 3. The molecule has 0 saturated carbocycles. The summed E-state index contributed by atoms with van der Waals surface area (Å²) in [5, 5.41) is 0. The summed E-state index contributed by atoms with van der Waals surface area (Å²) in [7, 11) is 3.42. The third-order valence-electron chi connectivity index (χ3n) is 6.39. The van der Waals surface area contributed by atoms with E-state index in [0.29, 0.717) is 18.7 Å². The molecule has 2 amide bonds. The first kappa shape index (κ1) is 20.4. The van der Waals surface area contributed by atoms with Crippen LogP contribution in [0.2, 0.25) is 0 Å². The number of imidazole rings is 1. The molecular weight excluding hydrogens is 409 g/mol. The van der Waals surface area contributed by atoms with E-state index in [1.54, 1.807) is 14.1 Å². The summed E-state index contributed by atoms with van der Waals surface area (Å²) in [4.78, 5) is 38.2. The Balaban J connectivity index is 1.59. The molecule has 2 aromatic heterocycles. The molecule has 1 saturated heterocycles. The minimum Gasteiger partial charge on any atom is -0.343 e. The van der Waals surface area contributed by atoms with Gasteiger partial charge in [-0.3, -0.25) is 14.6 Å². The van der Waals surface area contributed by atoms with Gasteiger partial charge in [-0.1, -0.05) is 30.3 Å². The fraction of sp³-hybridized carbons (Fsp3) is 0.333. The number of carbonyl (C=O) groups is 2. The van der Waals surface area contributed by atoms with E-state index in [4.69, 9.17) is 4.98 Å². The predicted molar refractivity (Wildman–Crippen MR) is 117 cm³/mol. The Morgan fingerprint density at radius 1 is 1.09 bits per heavy atom. The third kappa shape index (κ3) is 3.26. The second-order valence-corrected chi connectivity index (χ2v) is 8.56. The molecule has 0 radical (unpaired) electrons. The number of halogens is 1. The lowest BCUT2D eigenvalue weighted by molar-refractivity contribution is 0.0661. The Morgan fingerprint density at radius 2 is 1.84 bits per heavy atom. The first-order valence-electron chi connectivity index (χ1n) is 10.7. The zero-order valence-corrected chi connectivity index (χ0v) is 18.0. The van der Waals surface area contributed by atoms with E-state index in [-0.39, 0.29) is 29.5 Å². The van der Waals surface area contributed by atoms with Gasteiger partial charge in [-0.25, -0.2) is 9.37 Å². The Kier molecular flexibility index (Phi) is 5.00. The first-order chi connectivity index (χ1) is 15.5. The molecule has 2 aliphatic heterocycles. The lowest BCUT2D eigenvalue weighted by Crippen LogP contribution is -2.42. The van der Waals surface area contributed by atoms with Crippen LogP contribution in [-0.4, -0.2) is 62.3 Å². The van der Waals surface area contributed by atoms with Crippen molar-refractivity contribution in [3.8, 4) is 11.4 Å². The van der Waals surface area contributed by atoms with Crippen molar-refractivity contribution in [3.05, 3.63) is 71.6 Å². The Hall–Kier alpha value is -3.55. The number of nitrogens with zero attached hydrogens (tertiary/aromatic N) is 5. The summed E-state index contributed by atoms with van der Waals surface area (Å²) in [5.74, 6) is -0.374. The molecule has 2 aliphatic rings. The van der Waals surface area contributed by atoms with E-state index in [9.17, 15) is 14.0 Å². The third-order valence-corrected chi connectivity index (χ3v) is 6.39. The van der Waals surface area contributed by atoms with Gasteiger partial charge >= 0.3 is 0 Å². The first-order valence-corrected chi connectivity index (χ1v) is 10.7. The van der Waals surface area contributed by atoms with Crippen LogP contribution in [0.4, 0.5) is 4.39 Å². The Morgan fingerprint density at radius 3 is 2.56 bits per heavy atom. The largest absolute Gasteiger partial charge is 0.343 e. The van der Waals surface area contributed by atoms with E-state index in [0.717, 1.165) is 36.1 Å². The van der Waals surface area contributed by atoms with E-state index >= 15 is 0 Å². The molecule has 3 aromatic rings. The van der Waals surface area contributed by atoms with Crippen molar-refractivity contribution < 1.29 is 14.0 Å². The normalized spacial score (nSPS) is 19.4. The number of aromatic nitrogens is 3. The summed E-state index contributed by atoms with van der Waals surface area (Å²) in [6, 6.07) is 11.0. The molecule has 8 heteroatoms. The lowest BCUT2D eigenvalue weighted by atomic mass is 10.0. The molecule has 0 spiro atoms. The van der Waals surface area contributed by atoms with E-state index in [1.807, 2.05) is 35.2 Å². The van der Waals surface area contributed by atoms with Gasteiger partial charge < -0.3 is 14.4 Å². The van der Waals surface area contributed by atoms with E-state index < -0.39 is 5.82 Å². The Bertz CT molecular complexity index is 1190. The van der Waals surface area contributed by atoms with E-state index in [1.165, 1.54) is 17.2 Å². The van der Waals surface area contributed by atoms with Crippen molar-refractivity contribution in [3.63, 3.8) is 0 Å². The number of hydrogen-bond acceptors (Lipinski definition) is 4. The van der Waals surface area contributed by atoms with Crippen LogP contribution < -0.4 is 0 Å². The van der Waals surface area contributed by atoms with Crippen LogP contribution in [0.3, 0.4) is 0 Å². The van der Waals surface area contributed by atoms with Gasteiger partial charge in [-0.15, -0.1) is 0 Å². The summed E-state index contributed by atoms with van der Waals surface area (Å²) in [6.45, 7) is 0.516. The second-order valence-electron chi connectivity index (χ2n) is 8.56. The molecule has 5 rings (SSSR count). The van der Waals surface area contributed by atoms with Gasteiger partial charge in [0.2, 0.25) is 0 Å². The summed E-state index contributed by atoms with van der Waals surface area (Å²) >= 11 is 0. The number of amides is 2. The predicted octanol–water partition coefficient (Wildman–Crippen LogP) is 3.02. The highest BCUT2D eigenvalue weighted by Crippen LogP contribution is 2.36. The van der Waals surface area contributed by atoms with Crippen LogP contribution in [0.25, 0.3) is 11.4 Å². The van der Waals surface area contributed by atoms with Crippen molar-refractivity contribution in [2.24, 2.45) is 0 Å². The average Bonchev–Trinajstić information content (AvgIpc) is 3.29. The van der Waals surface area contributed by atoms with Crippen LogP contribution in [0.15, 0.2) is 48.8 Å². The monoisotopic (exact) mass is 433 g/mol. The molecule has 1 aromatic carbocycles. The van der Waals surface area contributed by atoms with Crippen molar-refractivity contribution in [2.45, 2.75) is 37.9 Å². The lowest BCUT2D eigenvalue weighted by Gasteiger charge is -2.28. The van der Waals surface area contributed by atoms with Crippen LogP contribution in [0.5, 0.6) is 0 Å². The van der Waals surface area contributed by atoms with Crippen molar-refractivity contribution in [1.82, 2.24) is 24.3 Å². The zero-order chi connectivity index (χ0) is 22.4. The summed E-state index contributed by atoms with van der Waals surface area (Å²) in [5.41, 5.74) is 2.21. The van der Waals surface area contributed by atoms with Crippen molar-refractivity contribution >= 4 is 11.8 Å². The van der Waals surface area contributed by atoms with Gasteiger partial charge in [0.05, 0.1) is 23.5 Å². The highest BCUT2D eigenvalue weighted by Gasteiger charge is 2.43. The fourth-order valence-corrected chi connectivity index (χ4v) is 4.87. The van der Waals surface area contributed by atoms with Crippen LogP contribution in [0.1, 0.15) is 39.4 Å². The number of pyridine rings is 1. The molecule has 4 heterocycles. The maximum absolute atomic E-state index is 14.3. The number of hydrogen-bond donors (Lipinski definition) is 0. The van der Waals surface area contributed by atoms with Gasteiger partial charge in [0.1, 0.15) is 11.5 Å². The van der Waals surface area contributed by atoms with Gasteiger partial charge in [-0.2, -0.15) is 0 Å². The summed E-state index contributed by atoms with van der Waals surface area (Å²) in [6.07, 6.45) is 4.65. The molecule has 2 bridgehead atoms. The molecule has 0 unspecified atom stereocenters. The minimum absolute atomic E-state index is 0.0366. The van der Waals surface area contributed by atoms with Gasteiger partial charge in [0.25, 0.3) is 11.8 Å². The molecule has 7 nitrogen and oxygen atoms in total. The number of fused-ring (bicyclic) bond motifs is 3. The highest BCUT2D eigenvalue weighted by atomic mass is 19.1. The maximum Gasteiger partial charge on any atom is 0.273 e. The fourth-order valence-electron chi connectivity index (χ4n) is 4.87. The van der Waals surface area contributed by atoms with Gasteiger partial charge in [-0.05, 0) is 18.9 Å². The maximum atomic E-state index is 14.3. The van der Waals surface area contributed by atoms with Crippen molar-refractivity contribution in [1.29, 1.82) is 0 Å². The van der Waals surface area contributed by atoms with Gasteiger partial charge in [0.15, 0.2) is 5.82 Å². The van der Waals surface area contributed by atoms with Gasteiger partial charge in [0, 0.05) is 44.9 Å². The molecular formula is C24H24FN5O2. The molecule has 0 aliphatic carbocycles. The standard InChI is InChI=1S/C24H24FN5O2/c1-28(2)24(32)21-20-12-16-8-9-17(30(16)23(31)18-10-11-26-13-19(18)25)14-29(20)22(27-21)15-6-4-3-5-7-15/h3-7,10-11,13,16-17H,8-9,12,14H2,1-2H3/t16-,17+/m0/s1. The van der Waals surface area contributed by atoms with Crippen LogP contribution in [-0.2, 0) is 13.0 Å². The average molecular weight is 433 g/mol. The molecule has 2 atom stereocenters. The molecule has 0 N–H and O–H groups in total. The zero-order valence-electron chi connectivity index (χ0n) is 18.0. The smallest absolute Gasteiger partial charge is 0.273 e. The highest BCUT2D eigenvalue weighted by molar-refractivity contribution is 5.96. The Labute approximate surface area is 185 Å². The van der Waals surface area contributed by atoms with Crippen LogP contribution >= 0.6 is 0 Å². The quantitative estimate of drug-likeness (QED) is 0.637. The van der Waals surface area contributed by atoms with Crippen molar-refractivity contribution in [2.75, 3.05) is 14.1 Å². The molecule has 1 fully saturated rings. The number of carbonyl (C=O) groups excluding carboxylic acids is 2. The SMILES string of the molecule is CN(C)C(=O)c1nc(-c2ccccc2)n2c1C[C@@H]1CC[C@H](C2)N1C(=O)c1ccncc1F. The second kappa shape index (κ2) is 7.85. The topological polar surface area (TPSA) is 71.3 Å². The van der Waals surface area contributed by atoms with Crippen LogP contribution in [0, 0.1) is 5.82 Å². The molecule has 164 valence electrons. The molecule has 32 heavy (non-hydrogen) atoms. The van der Waals surface area contributed by atoms with E-state index in [2.05, 4.69) is 9.55 Å². The number of benzene rings is 1. The minimum atomic E-state index is -0.615.